The van der Waals surface area contributed by atoms with Crippen LogP contribution in [0.5, 0.6) is 0 Å². The molecule has 1 saturated carbocycles. The Kier molecular flexibility index (Phi) is 10.3. The van der Waals surface area contributed by atoms with Crippen molar-refractivity contribution in [2.75, 3.05) is 0 Å². The van der Waals surface area contributed by atoms with Crippen molar-refractivity contribution in [1.29, 1.82) is 0 Å². The van der Waals surface area contributed by atoms with Crippen molar-refractivity contribution in [2.24, 2.45) is 11.7 Å². The molecule has 0 radical (unpaired) electrons. The molecule has 4 rings (SSSR count). The first-order valence-electron chi connectivity index (χ1n) is 13.2. The van der Waals surface area contributed by atoms with Crippen LogP contribution in [0.25, 0.3) is 22.2 Å². The van der Waals surface area contributed by atoms with E-state index >= 15 is 0 Å². The lowest BCUT2D eigenvalue weighted by Gasteiger charge is -2.12. The predicted molar refractivity (Wildman–Crippen MR) is 167 cm³/mol. The van der Waals surface area contributed by atoms with Gasteiger partial charge in [-0.1, -0.05) is 44.0 Å². The smallest absolute Gasteiger partial charge is 0.138 e. The van der Waals surface area contributed by atoms with E-state index in [1.54, 1.807) is 18.3 Å². The summed E-state index contributed by atoms with van der Waals surface area (Å²) in [5.74, 6) is 0.275. The molecule has 2 heterocycles. The number of benzene rings is 1. The molecule has 3 aromatic rings. The highest BCUT2D eigenvalue weighted by Gasteiger charge is 2.24. The quantitative estimate of drug-likeness (QED) is 0.173. The number of pyridine rings is 1. The molecule has 0 saturated heterocycles. The minimum atomic E-state index is -0.270. The van der Waals surface area contributed by atoms with Gasteiger partial charge in [-0.15, -0.1) is 12.8 Å². The topological polar surface area (TPSA) is 66.7 Å². The molecule has 1 aromatic carbocycles. The van der Waals surface area contributed by atoms with Crippen molar-refractivity contribution in [2.45, 2.75) is 33.1 Å². The standard InChI is InChI=1S/C33H35FN4.C2H2/c1-6-23(18-28(7-2)37-22(5)24-12-13-24)21(4)16-26(32(35)8-3)19-29-20-31-30(14-15-36-33(31)38-29)25-10-9-11-27(34)17-25;1-2/h6-11,14-18,20,24,37H,2,4-5,12-13,19,35H2,1,3H3,(H,36,38);1-2H/b23-6+,26-16-,28-18+,32-8+;. The Labute approximate surface area is 237 Å². The number of nitrogens with one attached hydrogen (secondary N) is 2. The van der Waals surface area contributed by atoms with Crippen LogP contribution in [0.1, 0.15) is 32.4 Å². The van der Waals surface area contributed by atoms with Gasteiger partial charge in [0, 0.05) is 40.8 Å². The van der Waals surface area contributed by atoms with Gasteiger partial charge in [-0.3, -0.25) is 0 Å². The third kappa shape index (κ3) is 7.39. The van der Waals surface area contributed by atoms with Gasteiger partial charge < -0.3 is 16.0 Å². The van der Waals surface area contributed by atoms with E-state index < -0.39 is 0 Å². The summed E-state index contributed by atoms with van der Waals surface area (Å²) >= 11 is 0. The number of H-pyrrole nitrogens is 1. The average molecular weight is 533 g/mol. The van der Waals surface area contributed by atoms with Crippen molar-refractivity contribution < 1.29 is 4.39 Å². The van der Waals surface area contributed by atoms with Crippen LogP contribution in [0.3, 0.4) is 0 Å². The van der Waals surface area contributed by atoms with Gasteiger partial charge in [-0.25, -0.2) is 9.37 Å². The van der Waals surface area contributed by atoms with Crippen LogP contribution in [0.15, 0.2) is 127 Å². The van der Waals surface area contributed by atoms with Gasteiger partial charge in [0.05, 0.1) is 0 Å². The lowest BCUT2D eigenvalue weighted by Crippen LogP contribution is -2.12. The number of aromatic amines is 1. The van der Waals surface area contributed by atoms with Crippen molar-refractivity contribution in [3.05, 3.63) is 138 Å². The molecular formula is C35H37FN4. The molecule has 0 bridgehead atoms. The third-order valence-electron chi connectivity index (χ3n) is 6.72. The molecule has 5 heteroatoms. The largest absolute Gasteiger partial charge is 0.399 e. The van der Waals surface area contributed by atoms with E-state index in [0.29, 0.717) is 18.0 Å². The predicted octanol–water partition coefficient (Wildman–Crippen LogP) is 8.04. The molecule has 1 aliphatic carbocycles. The Morgan fingerprint density at radius 2 is 1.90 bits per heavy atom. The summed E-state index contributed by atoms with van der Waals surface area (Å²) < 4.78 is 13.9. The van der Waals surface area contributed by atoms with E-state index in [0.717, 1.165) is 56.0 Å². The second kappa shape index (κ2) is 13.8. The first-order chi connectivity index (χ1) is 19.3. The summed E-state index contributed by atoms with van der Waals surface area (Å²) in [4.78, 5) is 7.90. The number of hydrogen-bond donors (Lipinski definition) is 3. The number of nitrogens with zero attached hydrogens (tertiary/aromatic N) is 1. The summed E-state index contributed by atoms with van der Waals surface area (Å²) in [7, 11) is 0. The number of halogens is 1. The summed E-state index contributed by atoms with van der Waals surface area (Å²) in [5, 5.41) is 4.32. The number of allylic oxidation sites excluding steroid dienone is 9. The monoisotopic (exact) mass is 532 g/mol. The van der Waals surface area contributed by atoms with Gasteiger partial charge in [0.2, 0.25) is 0 Å². The molecule has 204 valence electrons. The summed E-state index contributed by atoms with van der Waals surface area (Å²) in [6.45, 7) is 16.3. The number of hydrogen-bond acceptors (Lipinski definition) is 3. The van der Waals surface area contributed by atoms with E-state index in [4.69, 9.17) is 5.73 Å². The Morgan fingerprint density at radius 3 is 2.52 bits per heavy atom. The molecule has 0 aliphatic heterocycles. The second-order valence-corrected chi connectivity index (χ2v) is 9.51. The highest BCUT2D eigenvalue weighted by Crippen LogP contribution is 2.34. The van der Waals surface area contributed by atoms with Gasteiger partial charge in [-0.2, -0.15) is 0 Å². The fourth-order valence-electron chi connectivity index (χ4n) is 4.40. The van der Waals surface area contributed by atoms with Gasteiger partial charge in [0.1, 0.15) is 11.5 Å². The Balaban J connectivity index is 0.00000216. The molecule has 4 N–H and O–H groups in total. The van der Waals surface area contributed by atoms with Crippen molar-refractivity contribution in [3.63, 3.8) is 0 Å². The van der Waals surface area contributed by atoms with E-state index in [-0.39, 0.29) is 5.82 Å². The van der Waals surface area contributed by atoms with Crippen LogP contribution >= 0.6 is 0 Å². The van der Waals surface area contributed by atoms with E-state index in [9.17, 15) is 4.39 Å². The second-order valence-electron chi connectivity index (χ2n) is 9.51. The lowest BCUT2D eigenvalue weighted by molar-refractivity contribution is 0.628. The van der Waals surface area contributed by atoms with Crippen molar-refractivity contribution in [1.82, 2.24) is 15.3 Å². The maximum absolute atomic E-state index is 13.9. The molecule has 0 atom stereocenters. The Hall–Kier alpha value is -4.82. The molecule has 4 nitrogen and oxygen atoms in total. The minimum absolute atomic E-state index is 0.270. The van der Waals surface area contributed by atoms with Crippen LogP contribution in [0, 0.1) is 24.6 Å². The number of terminal acetylenes is 1. The summed E-state index contributed by atoms with van der Waals surface area (Å²) in [5.41, 5.74) is 15.2. The first-order valence-corrected chi connectivity index (χ1v) is 13.2. The van der Waals surface area contributed by atoms with E-state index in [2.05, 4.69) is 53.9 Å². The molecule has 1 fully saturated rings. The van der Waals surface area contributed by atoms with Gasteiger partial charge in [0.15, 0.2) is 0 Å². The molecule has 0 spiro atoms. The van der Waals surface area contributed by atoms with Gasteiger partial charge in [-0.05, 0) is 103 Å². The summed E-state index contributed by atoms with van der Waals surface area (Å²) in [6.07, 6.45) is 22.4. The van der Waals surface area contributed by atoms with Crippen molar-refractivity contribution in [3.8, 4) is 24.0 Å². The lowest BCUT2D eigenvalue weighted by atomic mass is 9.98. The Morgan fingerprint density at radius 1 is 1.15 bits per heavy atom. The fraction of sp³-hybridized carbons (Fsp3) is 0.171. The number of aromatic nitrogens is 2. The summed E-state index contributed by atoms with van der Waals surface area (Å²) in [6, 6.07) is 10.6. The molecule has 40 heavy (non-hydrogen) atoms. The van der Waals surface area contributed by atoms with E-state index in [1.807, 2.05) is 50.3 Å². The molecule has 0 amide bonds. The molecule has 0 unspecified atom stereocenters. The van der Waals surface area contributed by atoms with Gasteiger partial charge >= 0.3 is 0 Å². The van der Waals surface area contributed by atoms with Crippen LogP contribution in [-0.4, -0.2) is 9.97 Å². The Bertz CT molecular complexity index is 1550. The van der Waals surface area contributed by atoms with Crippen LogP contribution in [0.2, 0.25) is 0 Å². The molecular weight excluding hydrogens is 495 g/mol. The average Bonchev–Trinajstić information content (AvgIpc) is 3.74. The zero-order valence-electron chi connectivity index (χ0n) is 23.3. The maximum Gasteiger partial charge on any atom is 0.138 e. The first kappa shape index (κ1) is 29.7. The maximum atomic E-state index is 13.9. The molecule has 1 aliphatic rings. The SMILES string of the molecule is C#C.C=C/C(=C\C(=C/C)C(=C)/C=C(Cc1cc2c(-c3cccc(F)c3)ccnc2[nH]1)\C(N)=C/C)NC(=C)C1CC1. The van der Waals surface area contributed by atoms with Crippen molar-refractivity contribution >= 4 is 11.0 Å². The third-order valence-corrected chi connectivity index (χ3v) is 6.72. The van der Waals surface area contributed by atoms with Crippen LogP contribution in [0.4, 0.5) is 4.39 Å². The normalized spacial score (nSPS) is 14.3. The molecule has 2 aromatic heterocycles. The zero-order valence-corrected chi connectivity index (χ0v) is 23.3. The number of rotatable bonds is 11. The highest BCUT2D eigenvalue weighted by atomic mass is 19.1. The van der Waals surface area contributed by atoms with Crippen LogP contribution < -0.4 is 11.1 Å². The highest BCUT2D eigenvalue weighted by molar-refractivity contribution is 5.93. The number of fused-ring (bicyclic) bond motifs is 1. The number of nitrogens with two attached hydrogens (primary N) is 1. The minimum Gasteiger partial charge on any atom is -0.399 e. The zero-order chi connectivity index (χ0) is 29.2. The van der Waals surface area contributed by atoms with Gasteiger partial charge in [0.25, 0.3) is 0 Å². The fourth-order valence-corrected chi connectivity index (χ4v) is 4.40. The van der Waals surface area contributed by atoms with E-state index in [1.165, 1.54) is 25.0 Å². The van der Waals surface area contributed by atoms with Crippen LogP contribution in [-0.2, 0) is 6.42 Å².